The monoisotopic (exact) mass is 378 g/mol. The minimum atomic E-state index is -0.412. The third kappa shape index (κ3) is 4.93. The Kier molecular flexibility index (Phi) is 5.88. The summed E-state index contributed by atoms with van der Waals surface area (Å²) < 4.78 is 0. The molecule has 0 unspecified atom stereocenters. The van der Waals surface area contributed by atoms with Gasteiger partial charge in [0.15, 0.2) is 5.13 Å². The second-order valence-corrected chi connectivity index (χ2v) is 7.12. The molecular weight excluding hydrogens is 360 g/mol. The van der Waals surface area contributed by atoms with Crippen LogP contribution in [0.1, 0.15) is 36.2 Å². The summed E-state index contributed by atoms with van der Waals surface area (Å²) >= 11 is 7.05. The van der Waals surface area contributed by atoms with Crippen molar-refractivity contribution < 1.29 is 9.59 Å². The number of halogens is 1. The van der Waals surface area contributed by atoms with Crippen molar-refractivity contribution in [1.29, 1.82) is 0 Å². The summed E-state index contributed by atoms with van der Waals surface area (Å²) in [4.78, 5) is 30.6. The van der Waals surface area contributed by atoms with Gasteiger partial charge in [0, 0.05) is 29.2 Å². The Hall–Kier alpha value is -2.12. The molecule has 25 heavy (non-hydrogen) atoms. The molecule has 2 heterocycles. The van der Waals surface area contributed by atoms with Crippen LogP contribution in [-0.2, 0) is 0 Å². The Bertz CT molecular complexity index is 739. The van der Waals surface area contributed by atoms with Gasteiger partial charge in [0.05, 0.1) is 0 Å². The molecular formula is C17H19ClN4O2S. The largest absolute Gasteiger partial charge is 0.337 e. The molecule has 2 aromatic rings. The van der Waals surface area contributed by atoms with Crippen LogP contribution in [0.4, 0.5) is 15.6 Å². The number of nitrogens with one attached hydrogen (secondary N) is 2. The van der Waals surface area contributed by atoms with Crippen molar-refractivity contribution in [1.82, 2.24) is 9.88 Å². The number of hydrogen-bond donors (Lipinski definition) is 2. The van der Waals surface area contributed by atoms with Gasteiger partial charge in [-0.3, -0.25) is 10.1 Å². The molecule has 8 heteroatoms. The van der Waals surface area contributed by atoms with E-state index >= 15 is 0 Å². The maximum Gasteiger partial charge on any atom is 0.325 e. The van der Waals surface area contributed by atoms with Gasteiger partial charge in [-0.2, -0.15) is 0 Å². The van der Waals surface area contributed by atoms with Gasteiger partial charge in [0.1, 0.15) is 5.69 Å². The molecule has 1 fully saturated rings. The molecule has 1 aliphatic heterocycles. The number of aromatic nitrogens is 1. The smallest absolute Gasteiger partial charge is 0.325 e. The molecule has 0 saturated carbocycles. The summed E-state index contributed by atoms with van der Waals surface area (Å²) in [5.41, 5.74) is 1.01. The highest BCUT2D eigenvalue weighted by atomic mass is 35.5. The zero-order valence-corrected chi connectivity index (χ0v) is 15.2. The minimum absolute atomic E-state index is 0.0655. The van der Waals surface area contributed by atoms with Crippen LogP contribution >= 0.6 is 22.9 Å². The summed E-state index contributed by atoms with van der Waals surface area (Å²) in [6, 6.07) is 6.39. The third-order valence-corrected chi connectivity index (χ3v) is 4.95. The number of urea groups is 1. The zero-order chi connectivity index (χ0) is 17.6. The number of carbonyl (C=O) groups excluding carboxylic acids is 2. The molecule has 132 valence electrons. The Morgan fingerprint density at radius 2 is 1.72 bits per heavy atom. The van der Waals surface area contributed by atoms with Crippen LogP contribution in [0.15, 0.2) is 29.6 Å². The lowest BCUT2D eigenvalue weighted by molar-refractivity contribution is 0.0756. The molecule has 0 aliphatic carbocycles. The summed E-state index contributed by atoms with van der Waals surface area (Å²) in [6.45, 7) is 1.55. The van der Waals surface area contributed by atoms with Gasteiger partial charge in [0.2, 0.25) is 0 Å². The van der Waals surface area contributed by atoms with E-state index < -0.39 is 6.03 Å². The Morgan fingerprint density at radius 1 is 1.04 bits per heavy atom. The topological polar surface area (TPSA) is 74.3 Å². The van der Waals surface area contributed by atoms with Crippen LogP contribution < -0.4 is 10.6 Å². The standard InChI is InChI=1S/C17H19ClN4O2S/c18-12-5-7-13(8-6-12)19-16(24)21-17-20-14(11-25-17)15(23)22-9-3-1-2-4-10-22/h5-8,11H,1-4,9-10H2,(H2,19,20,21,24). The molecule has 0 bridgehead atoms. The molecule has 6 nitrogen and oxygen atoms in total. The number of thiazole rings is 1. The summed E-state index contributed by atoms with van der Waals surface area (Å²) in [6.07, 6.45) is 4.39. The van der Waals surface area contributed by atoms with Crippen molar-refractivity contribution in [2.24, 2.45) is 0 Å². The van der Waals surface area contributed by atoms with Crippen molar-refractivity contribution in [3.8, 4) is 0 Å². The van der Waals surface area contributed by atoms with E-state index in [9.17, 15) is 9.59 Å². The van der Waals surface area contributed by atoms with Gasteiger partial charge in [-0.05, 0) is 37.1 Å². The van der Waals surface area contributed by atoms with Crippen molar-refractivity contribution in [2.45, 2.75) is 25.7 Å². The second-order valence-electron chi connectivity index (χ2n) is 5.83. The Labute approximate surface area is 155 Å². The van der Waals surface area contributed by atoms with E-state index in [2.05, 4.69) is 15.6 Å². The normalized spacial score (nSPS) is 14.7. The quantitative estimate of drug-likeness (QED) is 0.828. The molecule has 0 atom stereocenters. The van der Waals surface area contributed by atoms with Crippen LogP contribution in [0, 0.1) is 0 Å². The van der Waals surface area contributed by atoms with E-state index in [-0.39, 0.29) is 5.91 Å². The number of nitrogens with zero attached hydrogens (tertiary/aromatic N) is 2. The molecule has 1 aliphatic rings. The SMILES string of the molecule is O=C(Nc1ccc(Cl)cc1)Nc1nc(C(=O)N2CCCCCC2)cs1. The van der Waals surface area contributed by atoms with Gasteiger partial charge in [0.25, 0.3) is 5.91 Å². The van der Waals surface area contributed by atoms with E-state index in [1.54, 1.807) is 29.6 Å². The van der Waals surface area contributed by atoms with Crippen molar-refractivity contribution in [2.75, 3.05) is 23.7 Å². The predicted molar refractivity (Wildman–Crippen MR) is 101 cm³/mol. The first kappa shape index (κ1) is 17.7. The highest BCUT2D eigenvalue weighted by Crippen LogP contribution is 2.19. The lowest BCUT2D eigenvalue weighted by Crippen LogP contribution is -2.32. The first-order valence-corrected chi connectivity index (χ1v) is 9.46. The molecule has 0 radical (unpaired) electrons. The van der Waals surface area contributed by atoms with Gasteiger partial charge in [-0.25, -0.2) is 9.78 Å². The van der Waals surface area contributed by atoms with Gasteiger partial charge in [-0.1, -0.05) is 24.4 Å². The number of anilines is 2. The lowest BCUT2D eigenvalue weighted by atomic mass is 10.2. The number of likely N-dealkylation sites (tertiary alicyclic amines) is 1. The average Bonchev–Trinajstić information content (AvgIpc) is 2.89. The molecule has 1 aromatic heterocycles. The van der Waals surface area contributed by atoms with Gasteiger partial charge in [-0.15, -0.1) is 11.3 Å². The first-order chi connectivity index (χ1) is 12.1. The number of carbonyl (C=O) groups is 2. The van der Waals surface area contributed by atoms with Crippen molar-refractivity contribution in [3.05, 3.63) is 40.4 Å². The molecule has 3 rings (SSSR count). The Morgan fingerprint density at radius 3 is 2.40 bits per heavy atom. The van der Waals surface area contributed by atoms with E-state index in [4.69, 9.17) is 11.6 Å². The van der Waals surface area contributed by atoms with Crippen LogP contribution in [-0.4, -0.2) is 34.9 Å². The lowest BCUT2D eigenvalue weighted by Gasteiger charge is -2.18. The van der Waals surface area contributed by atoms with Gasteiger partial charge < -0.3 is 10.2 Å². The maximum absolute atomic E-state index is 12.5. The van der Waals surface area contributed by atoms with E-state index in [1.807, 2.05) is 4.90 Å². The maximum atomic E-state index is 12.5. The number of amides is 3. The fourth-order valence-electron chi connectivity index (χ4n) is 2.66. The van der Waals surface area contributed by atoms with Crippen molar-refractivity contribution in [3.63, 3.8) is 0 Å². The van der Waals surface area contributed by atoms with E-state index in [0.717, 1.165) is 25.9 Å². The Balaban J connectivity index is 1.58. The van der Waals surface area contributed by atoms with Crippen LogP contribution in [0.25, 0.3) is 0 Å². The second kappa shape index (κ2) is 8.31. The van der Waals surface area contributed by atoms with Crippen LogP contribution in [0.3, 0.4) is 0 Å². The molecule has 0 spiro atoms. The van der Waals surface area contributed by atoms with Crippen LogP contribution in [0.5, 0.6) is 0 Å². The summed E-state index contributed by atoms with van der Waals surface area (Å²) in [5.74, 6) is -0.0655. The van der Waals surface area contributed by atoms with Crippen LogP contribution in [0.2, 0.25) is 5.02 Å². The zero-order valence-electron chi connectivity index (χ0n) is 13.6. The third-order valence-electron chi connectivity index (χ3n) is 3.94. The highest BCUT2D eigenvalue weighted by molar-refractivity contribution is 7.14. The van der Waals surface area contributed by atoms with E-state index in [0.29, 0.717) is 21.5 Å². The minimum Gasteiger partial charge on any atom is -0.337 e. The van der Waals surface area contributed by atoms with Crippen molar-refractivity contribution >= 4 is 45.7 Å². The molecule has 1 aromatic carbocycles. The summed E-state index contributed by atoms with van der Waals surface area (Å²) in [7, 11) is 0. The first-order valence-electron chi connectivity index (χ1n) is 8.20. The summed E-state index contributed by atoms with van der Waals surface area (Å²) in [5, 5.41) is 8.02. The number of hydrogen-bond acceptors (Lipinski definition) is 4. The molecule has 3 amide bonds. The molecule has 1 saturated heterocycles. The average molecular weight is 379 g/mol. The number of rotatable bonds is 3. The predicted octanol–water partition coefficient (Wildman–Crippen LogP) is 4.46. The number of benzene rings is 1. The fourth-order valence-corrected chi connectivity index (χ4v) is 3.46. The van der Waals surface area contributed by atoms with Gasteiger partial charge >= 0.3 is 6.03 Å². The fraction of sp³-hybridized carbons (Fsp3) is 0.353. The molecule has 2 N–H and O–H groups in total. The highest BCUT2D eigenvalue weighted by Gasteiger charge is 2.20. The van der Waals surface area contributed by atoms with E-state index in [1.165, 1.54) is 24.2 Å².